The van der Waals surface area contributed by atoms with Crippen LogP contribution in [-0.4, -0.2) is 59.6 Å². The van der Waals surface area contributed by atoms with Gasteiger partial charge >= 0.3 is 17.5 Å². The number of halogens is 5. The first-order chi connectivity index (χ1) is 21.3. The molecule has 4 aromatic rings. The van der Waals surface area contributed by atoms with Crippen LogP contribution in [0.2, 0.25) is 0 Å². The molecule has 0 saturated heterocycles. The Labute approximate surface area is 272 Å². The fourth-order valence-corrected chi connectivity index (χ4v) is 4.99. The molecular weight excluding hydrogens is 652 g/mol. The van der Waals surface area contributed by atoms with Crippen molar-refractivity contribution in [2.45, 2.75) is 36.2 Å². The van der Waals surface area contributed by atoms with Gasteiger partial charge in [-0.2, -0.15) is 13.2 Å². The zero-order chi connectivity index (χ0) is 32.7. The second kappa shape index (κ2) is 15.8. The summed E-state index contributed by atoms with van der Waals surface area (Å²) >= 11 is -0.221. The Morgan fingerprint density at radius 3 is 2.17 bits per heavy atom. The van der Waals surface area contributed by atoms with E-state index in [2.05, 4.69) is 10.6 Å². The largest absolute Gasteiger partial charge is 0.465 e. The Bertz CT molecular complexity index is 1660. The van der Waals surface area contributed by atoms with Crippen molar-refractivity contribution < 1.29 is 41.4 Å². The van der Waals surface area contributed by atoms with Crippen LogP contribution in [0.4, 0.5) is 33.7 Å². The van der Waals surface area contributed by atoms with Gasteiger partial charge in [0.05, 0.1) is 17.8 Å². The third-order valence-electron chi connectivity index (χ3n) is 6.50. The number of aromatic nitrogens is 1. The van der Waals surface area contributed by atoms with Gasteiger partial charge in [0, 0.05) is 28.6 Å². The lowest BCUT2D eigenvalue weighted by molar-refractivity contribution is -0.148. The highest BCUT2D eigenvalue weighted by Crippen LogP contribution is 2.37. The normalized spacial score (nSPS) is 11.9. The van der Waals surface area contributed by atoms with Gasteiger partial charge in [-0.15, -0.1) is 12.4 Å². The van der Waals surface area contributed by atoms with Crippen molar-refractivity contribution in [2.75, 3.05) is 31.3 Å². The predicted octanol–water partition coefficient (Wildman–Crippen LogP) is 8.16. The number of amides is 2. The quantitative estimate of drug-likeness (QED) is 0.0935. The van der Waals surface area contributed by atoms with Crippen molar-refractivity contribution in [2.24, 2.45) is 0 Å². The first-order valence-electron chi connectivity index (χ1n) is 13.7. The van der Waals surface area contributed by atoms with E-state index in [1.165, 1.54) is 53.2 Å². The molecule has 4 rings (SSSR count). The summed E-state index contributed by atoms with van der Waals surface area (Å²) in [5.74, 6) is -0.646. The minimum Gasteiger partial charge on any atom is -0.465 e. The van der Waals surface area contributed by atoms with Gasteiger partial charge in [-0.3, -0.25) is 19.1 Å². The van der Waals surface area contributed by atoms with Gasteiger partial charge in [0.1, 0.15) is 23.4 Å². The van der Waals surface area contributed by atoms with Gasteiger partial charge in [-0.1, -0.05) is 0 Å². The van der Waals surface area contributed by atoms with Crippen molar-refractivity contribution in [3.8, 4) is 11.5 Å². The molecule has 0 radical (unpaired) electrons. The molecule has 1 atom stereocenters. The molecular formula is C31H31ClF4N4O5S. The standard InChI is InChI=1S/C31H30F4N4O5S.ClH/c1-4-43-29(41)27(38(2)3)15-16-28(40)39-18-25(24-17-19(32)5-14-26(24)39)37-30(42)36-20-6-8-21(9-7-20)44-22-10-12-23(13-11-22)45-31(33,34)35;/h5-14,17-18,27H,4,15-16H2,1-3H3,(H2,36,37,42);1H. The number of anilines is 2. The number of urea groups is 1. The molecule has 15 heteroatoms. The monoisotopic (exact) mass is 682 g/mol. The second-order valence-electron chi connectivity index (χ2n) is 9.96. The minimum absolute atomic E-state index is 0. The molecule has 0 aliphatic heterocycles. The van der Waals surface area contributed by atoms with E-state index in [1.807, 2.05) is 0 Å². The second-order valence-corrected chi connectivity index (χ2v) is 11.1. The minimum atomic E-state index is -4.38. The molecule has 46 heavy (non-hydrogen) atoms. The van der Waals surface area contributed by atoms with Gasteiger partial charge in [0.2, 0.25) is 5.91 Å². The summed E-state index contributed by atoms with van der Waals surface area (Å²) in [5, 5.41) is 5.59. The molecule has 1 aromatic heterocycles. The van der Waals surface area contributed by atoms with Crippen molar-refractivity contribution >= 4 is 64.4 Å². The number of hydrogen-bond acceptors (Lipinski definition) is 7. The summed E-state index contributed by atoms with van der Waals surface area (Å²) in [5.41, 5.74) is -3.43. The van der Waals surface area contributed by atoms with Gasteiger partial charge in [-0.25, -0.2) is 9.18 Å². The maximum Gasteiger partial charge on any atom is 0.446 e. The van der Waals surface area contributed by atoms with Crippen LogP contribution in [0.1, 0.15) is 24.6 Å². The number of esters is 1. The molecule has 0 saturated carbocycles. The third kappa shape index (κ3) is 9.86. The van der Waals surface area contributed by atoms with E-state index in [0.29, 0.717) is 28.1 Å². The van der Waals surface area contributed by atoms with Crippen molar-refractivity contribution in [3.05, 3.63) is 78.7 Å². The van der Waals surface area contributed by atoms with Crippen LogP contribution in [0.15, 0.2) is 77.8 Å². The van der Waals surface area contributed by atoms with E-state index in [-0.39, 0.29) is 60.1 Å². The van der Waals surface area contributed by atoms with Crippen LogP contribution in [0.3, 0.4) is 0 Å². The molecule has 0 aliphatic carbocycles. The lowest BCUT2D eigenvalue weighted by atomic mass is 10.1. The first-order valence-corrected chi connectivity index (χ1v) is 14.5. The molecule has 1 unspecified atom stereocenters. The number of nitrogens with zero attached hydrogens (tertiary/aromatic N) is 2. The van der Waals surface area contributed by atoms with Gasteiger partial charge < -0.3 is 20.1 Å². The Kier molecular flexibility index (Phi) is 12.5. The smallest absolute Gasteiger partial charge is 0.446 e. The number of carbonyl (C=O) groups excluding carboxylic acids is 3. The Morgan fingerprint density at radius 2 is 1.59 bits per heavy atom. The number of benzene rings is 3. The average molecular weight is 683 g/mol. The van der Waals surface area contributed by atoms with Crippen LogP contribution >= 0.6 is 24.2 Å². The SMILES string of the molecule is CCOC(=O)C(CCC(=O)n1cc(NC(=O)Nc2ccc(Oc3ccc(SC(F)(F)F)cc3)cc2)c2cc(F)ccc21)N(C)C.Cl. The number of likely N-dealkylation sites (N-methyl/N-ethyl adjacent to an activating group) is 1. The molecule has 0 bridgehead atoms. The van der Waals surface area contributed by atoms with Crippen molar-refractivity contribution in [1.29, 1.82) is 0 Å². The fourth-order valence-electron chi connectivity index (χ4n) is 4.45. The average Bonchev–Trinajstić information content (AvgIpc) is 3.31. The van der Waals surface area contributed by atoms with Gasteiger partial charge in [0.15, 0.2) is 0 Å². The number of alkyl halides is 3. The molecule has 0 fully saturated rings. The van der Waals surface area contributed by atoms with Crippen LogP contribution in [0, 0.1) is 5.82 Å². The number of fused-ring (bicyclic) bond motifs is 1. The van der Waals surface area contributed by atoms with E-state index in [9.17, 15) is 31.9 Å². The molecule has 0 aliphatic rings. The number of ether oxygens (including phenoxy) is 2. The van der Waals surface area contributed by atoms with E-state index < -0.39 is 29.4 Å². The topological polar surface area (TPSA) is 102 Å². The molecule has 0 spiro atoms. The summed E-state index contributed by atoms with van der Waals surface area (Å²) in [6.07, 6.45) is 1.58. The van der Waals surface area contributed by atoms with Crippen LogP contribution in [0.25, 0.3) is 10.9 Å². The summed E-state index contributed by atoms with van der Waals surface area (Å²) in [4.78, 5) is 40.0. The lowest BCUT2D eigenvalue weighted by Crippen LogP contribution is -2.37. The fraction of sp³-hybridized carbons (Fsp3) is 0.258. The van der Waals surface area contributed by atoms with Gasteiger partial charge in [-0.05, 0) is 106 Å². The number of nitrogens with one attached hydrogen (secondary N) is 2. The Balaban J connectivity index is 0.00000576. The van der Waals surface area contributed by atoms with Crippen LogP contribution in [-0.2, 0) is 9.53 Å². The Morgan fingerprint density at radius 1 is 0.957 bits per heavy atom. The molecule has 9 nitrogen and oxygen atoms in total. The molecule has 2 N–H and O–H groups in total. The van der Waals surface area contributed by atoms with E-state index >= 15 is 0 Å². The third-order valence-corrected chi connectivity index (χ3v) is 7.24. The maximum atomic E-state index is 14.2. The van der Waals surface area contributed by atoms with Crippen molar-refractivity contribution in [3.63, 3.8) is 0 Å². The highest BCUT2D eigenvalue weighted by atomic mass is 35.5. The van der Waals surface area contributed by atoms with Crippen LogP contribution < -0.4 is 15.4 Å². The summed E-state index contributed by atoms with van der Waals surface area (Å²) < 4.78 is 63.8. The number of rotatable bonds is 11. The zero-order valence-corrected chi connectivity index (χ0v) is 26.5. The Hall–Kier alpha value is -4.27. The molecule has 1 heterocycles. The predicted molar refractivity (Wildman–Crippen MR) is 171 cm³/mol. The molecule has 2 amide bonds. The molecule has 3 aromatic carbocycles. The van der Waals surface area contributed by atoms with Crippen molar-refractivity contribution in [1.82, 2.24) is 9.47 Å². The number of hydrogen-bond donors (Lipinski definition) is 2. The maximum absolute atomic E-state index is 14.2. The van der Waals surface area contributed by atoms with E-state index in [1.54, 1.807) is 50.2 Å². The summed E-state index contributed by atoms with van der Waals surface area (Å²) in [7, 11) is 3.42. The first kappa shape index (κ1) is 36.2. The lowest BCUT2D eigenvalue weighted by Gasteiger charge is -2.22. The van der Waals surface area contributed by atoms with Crippen LogP contribution in [0.5, 0.6) is 11.5 Å². The van der Waals surface area contributed by atoms with Gasteiger partial charge in [0.25, 0.3) is 0 Å². The highest BCUT2D eigenvalue weighted by molar-refractivity contribution is 8.00. The molecule has 246 valence electrons. The number of thioether (sulfide) groups is 1. The van der Waals surface area contributed by atoms with E-state index in [4.69, 9.17) is 9.47 Å². The van der Waals surface area contributed by atoms with E-state index in [0.717, 1.165) is 0 Å². The number of carbonyl (C=O) groups is 3. The summed E-state index contributed by atoms with van der Waals surface area (Å²) in [6, 6.07) is 14.2. The summed E-state index contributed by atoms with van der Waals surface area (Å²) in [6.45, 7) is 1.91. The zero-order valence-electron chi connectivity index (χ0n) is 24.9. The highest BCUT2D eigenvalue weighted by Gasteiger charge is 2.29.